The van der Waals surface area contributed by atoms with Gasteiger partial charge in [0.05, 0.1) is 18.9 Å². The molecule has 2 unspecified atom stereocenters. The van der Waals surface area contributed by atoms with E-state index in [1.807, 2.05) is 24.3 Å². The molecular formula is C17H21ClN6O. The largest absolute Gasteiger partial charge is 0.383 e. The fraction of sp³-hybridized carbons (Fsp3) is 0.412. The van der Waals surface area contributed by atoms with E-state index in [0.717, 1.165) is 5.56 Å². The van der Waals surface area contributed by atoms with Gasteiger partial charge in [-0.1, -0.05) is 30.7 Å². The molecule has 0 amide bonds. The summed E-state index contributed by atoms with van der Waals surface area (Å²) >= 11 is 5.95. The highest BCUT2D eigenvalue weighted by atomic mass is 35.5. The minimum Gasteiger partial charge on any atom is -0.383 e. The molecule has 1 aliphatic rings. The zero-order chi connectivity index (χ0) is 17.7. The Balaban J connectivity index is 0.000000314. The van der Waals surface area contributed by atoms with Crippen molar-refractivity contribution in [1.29, 1.82) is 0 Å². The second kappa shape index (κ2) is 7.76. The molecule has 0 saturated heterocycles. The van der Waals surface area contributed by atoms with Gasteiger partial charge in [-0.3, -0.25) is 0 Å². The van der Waals surface area contributed by atoms with Gasteiger partial charge in [0.1, 0.15) is 18.3 Å². The van der Waals surface area contributed by atoms with Gasteiger partial charge in [-0.05, 0) is 42.4 Å². The minimum absolute atomic E-state index is 0.174. The van der Waals surface area contributed by atoms with Gasteiger partial charge in [0, 0.05) is 5.02 Å². The molecule has 2 atom stereocenters. The second-order valence-corrected chi connectivity index (χ2v) is 6.74. The Morgan fingerprint density at radius 2 is 1.96 bits per heavy atom. The maximum absolute atomic E-state index is 11.3. The van der Waals surface area contributed by atoms with Crippen LogP contribution in [-0.4, -0.2) is 35.3 Å². The summed E-state index contributed by atoms with van der Waals surface area (Å²) in [5.41, 5.74) is -0.0591. The van der Waals surface area contributed by atoms with Crippen molar-refractivity contribution in [3.8, 4) is 0 Å². The Bertz CT molecular complexity index is 725. The SMILES string of the molecule is CC(C1CC1)C(O)(Cn1cncn1)c1ccc(Cl)cc1.c1cn[nH]n1. The zero-order valence-corrected chi connectivity index (χ0v) is 14.7. The summed E-state index contributed by atoms with van der Waals surface area (Å²) in [7, 11) is 0. The molecule has 1 aromatic carbocycles. The molecule has 0 bridgehead atoms. The normalized spacial score (nSPS) is 17.2. The molecule has 1 saturated carbocycles. The third-order valence-corrected chi connectivity index (χ3v) is 4.88. The van der Waals surface area contributed by atoms with E-state index < -0.39 is 5.60 Å². The van der Waals surface area contributed by atoms with Crippen molar-refractivity contribution in [1.82, 2.24) is 30.2 Å². The molecule has 0 aliphatic heterocycles. The Morgan fingerprint density at radius 1 is 1.28 bits per heavy atom. The van der Waals surface area contributed by atoms with Crippen molar-refractivity contribution in [2.24, 2.45) is 11.8 Å². The fourth-order valence-electron chi connectivity index (χ4n) is 2.95. The lowest BCUT2D eigenvalue weighted by molar-refractivity contribution is -0.0442. The number of aromatic nitrogens is 6. The summed E-state index contributed by atoms with van der Waals surface area (Å²) in [6.07, 6.45) is 8.67. The second-order valence-electron chi connectivity index (χ2n) is 6.31. The number of hydrogen-bond acceptors (Lipinski definition) is 5. The molecule has 4 rings (SSSR count). The van der Waals surface area contributed by atoms with E-state index in [2.05, 4.69) is 32.4 Å². The predicted molar refractivity (Wildman–Crippen MR) is 93.6 cm³/mol. The Hall–Kier alpha value is -2.25. The van der Waals surface area contributed by atoms with Gasteiger partial charge in [0.2, 0.25) is 0 Å². The van der Waals surface area contributed by atoms with Gasteiger partial charge in [0.15, 0.2) is 0 Å². The maximum atomic E-state index is 11.3. The zero-order valence-electron chi connectivity index (χ0n) is 14.0. The molecule has 0 radical (unpaired) electrons. The van der Waals surface area contributed by atoms with Crippen molar-refractivity contribution in [2.45, 2.75) is 31.9 Å². The van der Waals surface area contributed by atoms with E-state index in [-0.39, 0.29) is 5.92 Å². The van der Waals surface area contributed by atoms with Crippen LogP contribution in [0.15, 0.2) is 49.3 Å². The molecule has 1 aliphatic carbocycles. The monoisotopic (exact) mass is 360 g/mol. The summed E-state index contributed by atoms with van der Waals surface area (Å²) in [4.78, 5) is 3.95. The van der Waals surface area contributed by atoms with Gasteiger partial charge in [-0.2, -0.15) is 20.5 Å². The Morgan fingerprint density at radius 3 is 2.44 bits per heavy atom. The summed E-state index contributed by atoms with van der Waals surface area (Å²) in [5.74, 6) is 0.757. The van der Waals surface area contributed by atoms with Gasteiger partial charge < -0.3 is 5.11 Å². The first-order chi connectivity index (χ1) is 12.1. The van der Waals surface area contributed by atoms with Crippen LogP contribution in [0.1, 0.15) is 25.3 Å². The summed E-state index contributed by atoms with van der Waals surface area (Å²) < 4.78 is 1.69. The van der Waals surface area contributed by atoms with Crippen LogP contribution in [0.25, 0.3) is 0 Å². The lowest BCUT2D eigenvalue weighted by Crippen LogP contribution is -2.39. The first-order valence-electron chi connectivity index (χ1n) is 8.20. The van der Waals surface area contributed by atoms with Crippen LogP contribution in [0.5, 0.6) is 0 Å². The smallest absolute Gasteiger partial charge is 0.137 e. The molecule has 2 aromatic heterocycles. The van der Waals surface area contributed by atoms with Crippen molar-refractivity contribution >= 4 is 11.6 Å². The van der Waals surface area contributed by atoms with Crippen LogP contribution in [-0.2, 0) is 12.1 Å². The number of nitrogens with zero attached hydrogens (tertiary/aromatic N) is 5. The number of benzene rings is 1. The highest BCUT2D eigenvalue weighted by Gasteiger charge is 2.44. The van der Waals surface area contributed by atoms with Crippen molar-refractivity contribution in [3.05, 3.63) is 59.9 Å². The molecule has 7 nitrogen and oxygen atoms in total. The Kier molecular flexibility index (Phi) is 5.45. The van der Waals surface area contributed by atoms with E-state index in [1.54, 1.807) is 23.4 Å². The van der Waals surface area contributed by atoms with Crippen LogP contribution >= 0.6 is 11.6 Å². The first kappa shape index (κ1) is 17.6. The summed E-state index contributed by atoms with van der Waals surface area (Å²) in [5, 5.41) is 25.4. The third kappa shape index (κ3) is 4.43. The average Bonchev–Trinajstić information content (AvgIpc) is 3.06. The summed E-state index contributed by atoms with van der Waals surface area (Å²) in [6.45, 7) is 2.52. The molecule has 1 fully saturated rings. The highest BCUT2D eigenvalue weighted by molar-refractivity contribution is 6.30. The number of rotatable bonds is 5. The van der Waals surface area contributed by atoms with Gasteiger partial charge in [-0.25, -0.2) is 9.67 Å². The average molecular weight is 361 g/mol. The highest BCUT2D eigenvalue weighted by Crippen LogP contribution is 2.46. The number of nitrogens with one attached hydrogen (secondary N) is 1. The number of hydrogen-bond donors (Lipinski definition) is 2. The van der Waals surface area contributed by atoms with E-state index >= 15 is 0 Å². The van der Waals surface area contributed by atoms with E-state index in [1.165, 1.54) is 19.2 Å². The maximum Gasteiger partial charge on any atom is 0.137 e. The van der Waals surface area contributed by atoms with E-state index in [9.17, 15) is 5.11 Å². The number of aliphatic hydroxyl groups is 1. The number of H-pyrrole nitrogens is 1. The lowest BCUT2D eigenvalue weighted by atomic mass is 9.79. The van der Waals surface area contributed by atoms with Crippen LogP contribution < -0.4 is 0 Å². The molecule has 2 N–H and O–H groups in total. The molecule has 3 aromatic rings. The molecule has 2 heterocycles. The van der Waals surface area contributed by atoms with Gasteiger partial charge in [0.25, 0.3) is 0 Å². The topological polar surface area (TPSA) is 92.5 Å². The van der Waals surface area contributed by atoms with Crippen LogP contribution in [0.4, 0.5) is 0 Å². The quantitative estimate of drug-likeness (QED) is 0.729. The number of halogens is 1. The molecule has 25 heavy (non-hydrogen) atoms. The van der Waals surface area contributed by atoms with Crippen molar-refractivity contribution < 1.29 is 5.11 Å². The number of aromatic amines is 1. The lowest BCUT2D eigenvalue weighted by Gasteiger charge is -2.35. The molecule has 8 heteroatoms. The van der Waals surface area contributed by atoms with E-state index in [4.69, 9.17) is 11.6 Å². The third-order valence-electron chi connectivity index (χ3n) is 4.63. The van der Waals surface area contributed by atoms with E-state index in [0.29, 0.717) is 17.5 Å². The van der Waals surface area contributed by atoms with Crippen LogP contribution in [0.3, 0.4) is 0 Å². The molecule has 0 spiro atoms. The summed E-state index contributed by atoms with van der Waals surface area (Å²) in [6, 6.07) is 7.45. The molecular weight excluding hydrogens is 340 g/mol. The van der Waals surface area contributed by atoms with Gasteiger partial charge >= 0.3 is 0 Å². The van der Waals surface area contributed by atoms with Crippen LogP contribution in [0, 0.1) is 11.8 Å². The predicted octanol–water partition coefficient (Wildman–Crippen LogP) is 2.67. The fourth-order valence-corrected chi connectivity index (χ4v) is 3.08. The standard InChI is InChI=1S/C15H18ClN3O.C2H3N3/c1-11(12-2-3-12)15(20,8-19-10-17-9-18-19)13-4-6-14(16)7-5-13;1-2-4-5-3-1/h4-7,9-12,20H,2-3,8H2,1H3;1-2H,(H,3,4,5). The first-order valence-corrected chi connectivity index (χ1v) is 8.58. The minimum atomic E-state index is -0.945. The van der Waals surface area contributed by atoms with Crippen LogP contribution in [0.2, 0.25) is 5.02 Å². The Labute approximate surface area is 151 Å². The van der Waals surface area contributed by atoms with Crippen molar-refractivity contribution in [3.63, 3.8) is 0 Å². The molecule has 132 valence electrons. The van der Waals surface area contributed by atoms with Gasteiger partial charge in [-0.15, -0.1) is 0 Å². The van der Waals surface area contributed by atoms with Crippen molar-refractivity contribution in [2.75, 3.05) is 0 Å².